The van der Waals surface area contributed by atoms with Crippen molar-refractivity contribution >= 4 is 5.97 Å². The molecule has 164 valence electrons. The summed E-state index contributed by atoms with van der Waals surface area (Å²) in [5.41, 5.74) is 7.65. The average molecular weight is 434 g/mol. The minimum atomic E-state index is -1.05. The molecular formula is C25H23FN2O4. The van der Waals surface area contributed by atoms with Gasteiger partial charge >= 0.3 is 5.97 Å². The topological polar surface area (TPSA) is 83.5 Å². The first-order valence-electron chi connectivity index (χ1n) is 10.2. The first-order chi connectivity index (χ1) is 15.4. The van der Waals surface area contributed by atoms with Gasteiger partial charge in [-0.15, -0.1) is 0 Å². The van der Waals surface area contributed by atoms with E-state index in [2.05, 4.69) is 0 Å². The number of benzene rings is 2. The van der Waals surface area contributed by atoms with Crippen LogP contribution in [0, 0.1) is 12.7 Å². The van der Waals surface area contributed by atoms with E-state index in [0.29, 0.717) is 18.7 Å². The van der Waals surface area contributed by atoms with Gasteiger partial charge in [-0.1, -0.05) is 48.5 Å². The number of aromatic nitrogens is 1. The van der Waals surface area contributed by atoms with Gasteiger partial charge in [0.1, 0.15) is 17.1 Å². The molecular weight excluding hydrogens is 411 g/mol. The average Bonchev–Trinajstić information content (AvgIpc) is 2.78. The maximum atomic E-state index is 14.9. The van der Waals surface area contributed by atoms with Crippen LogP contribution in [0.5, 0.6) is 5.75 Å². The summed E-state index contributed by atoms with van der Waals surface area (Å²) in [7, 11) is 1.20. The highest BCUT2D eigenvalue weighted by atomic mass is 19.1. The number of carbonyl (C=O) groups is 1. The molecule has 0 saturated carbocycles. The van der Waals surface area contributed by atoms with Crippen LogP contribution in [0.3, 0.4) is 0 Å². The Bertz CT molecular complexity index is 1260. The third-order valence-corrected chi connectivity index (χ3v) is 5.66. The summed E-state index contributed by atoms with van der Waals surface area (Å²) in [6.07, 6.45) is 0.632. The maximum Gasteiger partial charge on any atom is 0.340 e. The Kier molecular flexibility index (Phi) is 5.81. The largest absolute Gasteiger partial charge is 0.465 e. The summed E-state index contributed by atoms with van der Waals surface area (Å²) in [4.78, 5) is 26.2. The number of halogens is 1. The van der Waals surface area contributed by atoms with Gasteiger partial charge in [0.05, 0.1) is 18.6 Å². The number of hydrogen-bond acceptors (Lipinski definition) is 5. The number of hydrogen-bond donors (Lipinski definition) is 1. The molecule has 0 saturated heterocycles. The smallest absolute Gasteiger partial charge is 0.340 e. The molecule has 2 heterocycles. The zero-order valence-corrected chi connectivity index (χ0v) is 17.8. The van der Waals surface area contributed by atoms with Crippen LogP contribution in [0.25, 0.3) is 0 Å². The minimum Gasteiger partial charge on any atom is -0.465 e. The molecule has 1 aliphatic rings. The van der Waals surface area contributed by atoms with Crippen molar-refractivity contribution < 1.29 is 18.7 Å². The van der Waals surface area contributed by atoms with Crippen LogP contribution in [-0.2, 0) is 22.5 Å². The Morgan fingerprint density at radius 3 is 2.53 bits per heavy atom. The Morgan fingerprint density at radius 1 is 1.16 bits per heavy atom. The molecule has 4 rings (SSSR count). The van der Waals surface area contributed by atoms with Crippen molar-refractivity contribution in [2.75, 3.05) is 7.11 Å². The third kappa shape index (κ3) is 3.77. The fourth-order valence-corrected chi connectivity index (χ4v) is 4.08. The van der Waals surface area contributed by atoms with Gasteiger partial charge in [-0.2, -0.15) is 0 Å². The number of ether oxygens (including phenoxy) is 2. The van der Waals surface area contributed by atoms with Gasteiger partial charge in [-0.25, -0.2) is 9.18 Å². The number of methoxy groups -OCH3 is 1. The second-order valence-corrected chi connectivity index (χ2v) is 7.58. The fourth-order valence-electron chi connectivity index (χ4n) is 4.08. The second kappa shape index (κ2) is 8.70. The van der Waals surface area contributed by atoms with E-state index in [1.807, 2.05) is 30.3 Å². The molecule has 3 aromatic rings. The van der Waals surface area contributed by atoms with Crippen molar-refractivity contribution in [2.45, 2.75) is 25.8 Å². The van der Waals surface area contributed by atoms with Gasteiger partial charge in [0, 0.05) is 23.9 Å². The zero-order chi connectivity index (χ0) is 22.8. The summed E-state index contributed by atoms with van der Waals surface area (Å²) in [5, 5.41) is 0. The number of pyridine rings is 1. The molecule has 0 amide bonds. The molecule has 0 spiro atoms. The second-order valence-electron chi connectivity index (χ2n) is 7.58. The van der Waals surface area contributed by atoms with E-state index in [9.17, 15) is 14.0 Å². The van der Waals surface area contributed by atoms with Crippen molar-refractivity contribution in [3.63, 3.8) is 0 Å². The van der Waals surface area contributed by atoms with E-state index >= 15 is 0 Å². The molecule has 2 N–H and O–H groups in total. The highest BCUT2D eigenvalue weighted by molar-refractivity contribution is 5.92. The third-order valence-electron chi connectivity index (χ3n) is 5.66. The van der Waals surface area contributed by atoms with Gasteiger partial charge in [-0.3, -0.25) is 4.79 Å². The fraction of sp³-hybridized carbons (Fsp3) is 0.200. The molecule has 0 fully saturated rings. The van der Waals surface area contributed by atoms with Gasteiger partial charge < -0.3 is 19.8 Å². The number of nitrogens with two attached hydrogens (primary N) is 1. The number of aryl methyl sites for hydroxylation is 2. The predicted octanol–water partition coefficient (Wildman–Crippen LogP) is 3.41. The van der Waals surface area contributed by atoms with E-state index in [1.165, 1.54) is 25.3 Å². The minimum absolute atomic E-state index is 0.0966. The van der Waals surface area contributed by atoms with Crippen molar-refractivity contribution in [1.29, 1.82) is 0 Å². The Hall–Kier alpha value is -3.87. The molecule has 0 unspecified atom stereocenters. The summed E-state index contributed by atoms with van der Waals surface area (Å²) >= 11 is 0. The molecule has 32 heavy (non-hydrogen) atoms. The molecule has 1 aromatic heterocycles. The molecule has 0 radical (unpaired) electrons. The van der Waals surface area contributed by atoms with E-state index in [4.69, 9.17) is 15.2 Å². The lowest BCUT2D eigenvalue weighted by atomic mass is 9.83. The van der Waals surface area contributed by atoms with Gasteiger partial charge in [0.25, 0.3) is 5.56 Å². The van der Waals surface area contributed by atoms with Crippen LogP contribution < -0.4 is 16.0 Å². The van der Waals surface area contributed by atoms with E-state index < -0.39 is 17.7 Å². The monoisotopic (exact) mass is 434 g/mol. The molecule has 1 aliphatic heterocycles. The highest BCUT2D eigenvalue weighted by Crippen LogP contribution is 2.42. The lowest BCUT2D eigenvalue weighted by molar-refractivity contribution is -0.136. The summed E-state index contributed by atoms with van der Waals surface area (Å²) in [6, 6.07) is 17.5. The number of nitrogens with zero attached hydrogens (tertiary/aromatic N) is 1. The van der Waals surface area contributed by atoms with Gasteiger partial charge in [-0.05, 0) is 25.0 Å². The first kappa shape index (κ1) is 21.4. The lowest BCUT2D eigenvalue weighted by Crippen LogP contribution is -2.35. The molecule has 0 bridgehead atoms. The van der Waals surface area contributed by atoms with Gasteiger partial charge in [0.2, 0.25) is 5.88 Å². The lowest BCUT2D eigenvalue weighted by Gasteiger charge is -2.29. The van der Waals surface area contributed by atoms with Crippen molar-refractivity contribution in [2.24, 2.45) is 5.73 Å². The Morgan fingerprint density at radius 2 is 1.84 bits per heavy atom. The predicted molar refractivity (Wildman–Crippen MR) is 118 cm³/mol. The number of fused-ring (bicyclic) bond motifs is 1. The molecule has 7 heteroatoms. The van der Waals surface area contributed by atoms with Crippen molar-refractivity contribution in [3.8, 4) is 5.75 Å². The van der Waals surface area contributed by atoms with Gasteiger partial charge in [0.15, 0.2) is 0 Å². The van der Waals surface area contributed by atoms with Crippen LogP contribution in [0.1, 0.15) is 28.3 Å². The molecule has 6 nitrogen and oxygen atoms in total. The molecule has 1 atom stereocenters. The molecule has 2 aromatic carbocycles. The van der Waals surface area contributed by atoms with Crippen molar-refractivity contribution in [3.05, 3.63) is 111 Å². The van der Waals surface area contributed by atoms with Crippen LogP contribution >= 0.6 is 0 Å². The normalized spacial score (nSPS) is 15.2. The van der Waals surface area contributed by atoms with E-state index in [0.717, 1.165) is 5.56 Å². The van der Waals surface area contributed by atoms with Crippen molar-refractivity contribution in [1.82, 2.24) is 4.57 Å². The summed E-state index contributed by atoms with van der Waals surface area (Å²) in [6.45, 7) is 2.21. The number of esters is 1. The maximum absolute atomic E-state index is 14.9. The van der Waals surface area contributed by atoms with E-state index in [-0.39, 0.29) is 33.9 Å². The summed E-state index contributed by atoms with van der Waals surface area (Å²) in [5.74, 6) is -2.39. The Labute approximate surface area is 184 Å². The summed E-state index contributed by atoms with van der Waals surface area (Å²) < 4.78 is 27.0. The number of rotatable bonds is 5. The van der Waals surface area contributed by atoms with Crippen LogP contribution in [0.2, 0.25) is 0 Å². The first-order valence-corrected chi connectivity index (χ1v) is 10.2. The Balaban J connectivity index is 1.88. The highest BCUT2D eigenvalue weighted by Gasteiger charge is 2.39. The van der Waals surface area contributed by atoms with Crippen LogP contribution in [0.4, 0.5) is 4.39 Å². The quantitative estimate of drug-likeness (QED) is 0.623. The van der Waals surface area contributed by atoms with Crippen LogP contribution in [0.15, 0.2) is 76.9 Å². The van der Waals surface area contributed by atoms with Crippen LogP contribution in [-0.4, -0.2) is 17.6 Å². The molecule has 0 aliphatic carbocycles. The standard InChI is InChI=1S/C25H23FN2O4/c1-15-14-19-21(24(29)28(15)13-12-16-8-4-3-5-9-16)20(17-10-6-7-11-18(17)26)22(23(27)32-19)25(30)31-2/h3-11,14,20H,12-13,27H2,1-2H3/t20-/m0/s1. The SMILES string of the molecule is COC(=O)C1=C(N)Oc2cc(C)n(CCc3ccccc3)c(=O)c2[C@@H]1c1ccccc1F. The van der Waals surface area contributed by atoms with E-state index in [1.54, 1.807) is 23.6 Å². The number of carbonyl (C=O) groups excluding carboxylic acids is 1. The zero-order valence-electron chi connectivity index (χ0n) is 17.8.